The molecule has 0 atom stereocenters. The summed E-state index contributed by atoms with van der Waals surface area (Å²) in [7, 11) is 6.60. The lowest BCUT2D eigenvalue weighted by Gasteiger charge is -2.13. The molecule has 0 bridgehead atoms. The normalized spacial score (nSPS) is 11.1. The Hall–Kier alpha value is -3.67. The van der Waals surface area contributed by atoms with Crippen LogP contribution in [0.15, 0.2) is 71.7 Å². The first-order chi connectivity index (χ1) is 16.7. The van der Waals surface area contributed by atoms with E-state index < -0.39 is 0 Å². The summed E-state index contributed by atoms with van der Waals surface area (Å²) in [5, 5.41) is 3.54. The number of benzene rings is 3. The fourth-order valence-corrected chi connectivity index (χ4v) is 3.71. The minimum absolute atomic E-state index is 0.682. The predicted octanol–water partition coefficient (Wildman–Crippen LogP) is 4.74. The summed E-state index contributed by atoms with van der Waals surface area (Å²) in [6.07, 6.45) is 2.43. The van der Waals surface area contributed by atoms with Crippen molar-refractivity contribution >= 4 is 5.84 Å². The van der Waals surface area contributed by atoms with Gasteiger partial charge in [0.25, 0.3) is 0 Å². The topological polar surface area (TPSA) is 61.3 Å². The largest absolute Gasteiger partial charge is 0.493 e. The molecule has 0 amide bonds. The van der Waals surface area contributed by atoms with Crippen molar-refractivity contribution in [1.82, 2.24) is 5.32 Å². The second-order valence-corrected chi connectivity index (χ2v) is 7.80. The number of amidine groups is 1. The zero-order chi connectivity index (χ0) is 24.2. The summed E-state index contributed by atoms with van der Waals surface area (Å²) in [5.41, 5.74) is 3.56. The zero-order valence-corrected chi connectivity index (χ0v) is 20.5. The molecule has 0 aromatic heterocycles. The number of nitrogens with one attached hydrogen (secondary N) is 1. The Morgan fingerprint density at radius 1 is 0.647 bits per heavy atom. The van der Waals surface area contributed by atoms with Gasteiger partial charge in [0.05, 0.1) is 28.4 Å². The maximum absolute atomic E-state index is 5.42. The van der Waals surface area contributed by atoms with Crippen molar-refractivity contribution in [2.24, 2.45) is 4.99 Å². The van der Waals surface area contributed by atoms with E-state index >= 15 is 0 Å². The molecule has 0 fully saturated rings. The fourth-order valence-electron chi connectivity index (χ4n) is 3.71. The number of rotatable bonds is 12. The Bertz CT molecular complexity index is 1070. The molecule has 0 unspecified atom stereocenters. The third-order valence-corrected chi connectivity index (χ3v) is 5.56. The molecule has 0 heterocycles. The first kappa shape index (κ1) is 25.0. The maximum atomic E-state index is 5.42. The SMILES string of the molecule is COc1ccc(CCN=C(Cc2ccccc2)NCCc2ccc(OC)c(OC)c2)cc1OC. The van der Waals surface area contributed by atoms with E-state index in [4.69, 9.17) is 23.9 Å². The van der Waals surface area contributed by atoms with Crippen LogP contribution in [0.1, 0.15) is 16.7 Å². The minimum atomic E-state index is 0.682. The van der Waals surface area contributed by atoms with E-state index in [1.54, 1.807) is 28.4 Å². The summed E-state index contributed by atoms with van der Waals surface area (Å²) < 4.78 is 21.5. The molecule has 0 saturated heterocycles. The summed E-state index contributed by atoms with van der Waals surface area (Å²) in [4.78, 5) is 4.89. The smallest absolute Gasteiger partial charge is 0.160 e. The van der Waals surface area contributed by atoms with Crippen LogP contribution in [-0.2, 0) is 19.3 Å². The average molecular weight is 463 g/mol. The molecule has 0 aliphatic rings. The fraction of sp³-hybridized carbons (Fsp3) is 0.321. The molecular formula is C28H34N2O4. The molecule has 34 heavy (non-hydrogen) atoms. The van der Waals surface area contributed by atoms with Gasteiger partial charge in [-0.05, 0) is 53.8 Å². The van der Waals surface area contributed by atoms with Crippen molar-refractivity contribution < 1.29 is 18.9 Å². The van der Waals surface area contributed by atoms with E-state index in [1.807, 2.05) is 30.3 Å². The molecule has 3 aromatic carbocycles. The molecule has 6 nitrogen and oxygen atoms in total. The molecular weight excluding hydrogens is 428 g/mol. The molecule has 3 rings (SSSR count). The highest BCUT2D eigenvalue weighted by Crippen LogP contribution is 2.28. The van der Waals surface area contributed by atoms with Gasteiger partial charge in [0.15, 0.2) is 23.0 Å². The molecule has 1 N–H and O–H groups in total. The number of methoxy groups -OCH3 is 4. The van der Waals surface area contributed by atoms with Crippen LogP contribution in [-0.4, -0.2) is 47.4 Å². The second kappa shape index (κ2) is 13.1. The van der Waals surface area contributed by atoms with Crippen molar-refractivity contribution in [3.8, 4) is 23.0 Å². The van der Waals surface area contributed by atoms with Gasteiger partial charge in [0.1, 0.15) is 5.84 Å². The second-order valence-electron chi connectivity index (χ2n) is 7.80. The van der Waals surface area contributed by atoms with E-state index in [2.05, 4.69) is 41.7 Å². The first-order valence-corrected chi connectivity index (χ1v) is 11.4. The number of hydrogen-bond acceptors (Lipinski definition) is 5. The van der Waals surface area contributed by atoms with E-state index in [9.17, 15) is 0 Å². The zero-order valence-electron chi connectivity index (χ0n) is 20.5. The Morgan fingerprint density at radius 3 is 1.76 bits per heavy atom. The van der Waals surface area contributed by atoms with Crippen molar-refractivity contribution in [1.29, 1.82) is 0 Å². The van der Waals surface area contributed by atoms with E-state index in [0.29, 0.717) is 6.54 Å². The van der Waals surface area contributed by atoms with Gasteiger partial charge in [0, 0.05) is 19.5 Å². The third kappa shape index (κ3) is 7.17. The minimum Gasteiger partial charge on any atom is -0.493 e. The van der Waals surface area contributed by atoms with Crippen LogP contribution < -0.4 is 24.3 Å². The number of nitrogens with zero attached hydrogens (tertiary/aromatic N) is 1. The Morgan fingerprint density at radius 2 is 1.21 bits per heavy atom. The first-order valence-electron chi connectivity index (χ1n) is 11.4. The van der Waals surface area contributed by atoms with Crippen LogP contribution in [0.5, 0.6) is 23.0 Å². The summed E-state index contributed by atoms with van der Waals surface area (Å²) in [6.45, 7) is 1.46. The number of ether oxygens (including phenoxy) is 4. The molecule has 0 spiro atoms. The molecule has 0 aliphatic heterocycles. The third-order valence-electron chi connectivity index (χ3n) is 5.56. The van der Waals surface area contributed by atoms with Crippen LogP contribution in [0.3, 0.4) is 0 Å². The molecule has 0 aliphatic carbocycles. The van der Waals surface area contributed by atoms with Crippen LogP contribution in [0.2, 0.25) is 0 Å². The lowest BCUT2D eigenvalue weighted by atomic mass is 10.1. The highest BCUT2D eigenvalue weighted by molar-refractivity contribution is 5.84. The maximum Gasteiger partial charge on any atom is 0.160 e. The van der Waals surface area contributed by atoms with Gasteiger partial charge in [-0.3, -0.25) is 4.99 Å². The van der Waals surface area contributed by atoms with Gasteiger partial charge in [-0.2, -0.15) is 0 Å². The average Bonchev–Trinajstić information content (AvgIpc) is 2.88. The van der Waals surface area contributed by atoms with Crippen LogP contribution in [0.4, 0.5) is 0 Å². The van der Waals surface area contributed by atoms with Crippen molar-refractivity contribution in [3.05, 3.63) is 83.4 Å². The predicted molar refractivity (Wildman–Crippen MR) is 137 cm³/mol. The van der Waals surface area contributed by atoms with Crippen LogP contribution in [0.25, 0.3) is 0 Å². The van der Waals surface area contributed by atoms with E-state index in [-0.39, 0.29) is 0 Å². The summed E-state index contributed by atoms with van der Waals surface area (Å²) in [6, 6.07) is 22.4. The Labute approximate surface area is 202 Å². The summed E-state index contributed by atoms with van der Waals surface area (Å²) in [5.74, 6) is 3.93. The van der Waals surface area contributed by atoms with Gasteiger partial charge in [0.2, 0.25) is 0 Å². The molecule has 180 valence electrons. The van der Waals surface area contributed by atoms with Crippen LogP contribution in [0, 0.1) is 0 Å². The van der Waals surface area contributed by atoms with E-state index in [0.717, 1.165) is 60.2 Å². The standard InChI is InChI=1S/C28H34N2O4/c1-31-24-12-10-22(18-26(24)33-3)14-16-29-28(20-21-8-6-5-7-9-21)30-17-15-23-11-13-25(32-2)27(19-23)34-4/h5-13,18-19H,14-17,20H2,1-4H3,(H,29,30). The number of hydrogen-bond donors (Lipinski definition) is 1. The van der Waals surface area contributed by atoms with E-state index in [1.165, 1.54) is 11.1 Å². The van der Waals surface area contributed by atoms with Crippen molar-refractivity contribution in [2.75, 3.05) is 41.5 Å². The molecule has 0 saturated carbocycles. The van der Waals surface area contributed by atoms with Gasteiger partial charge >= 0.3 is 0 Å². The summed E-state index contributed by atoms with van der Waals surface area (Å²) >= 11 is 0. The Balaban J connectivity index is 1.64. The van der Waals surface area contributed by atoms with Gasteiger partial charge in [-0.15, -0.1) is 0 Å². The van der Waals surface area contributed by atoms with Crippen molar-refractivity contribution in [2.45, 2.75) is 19.3 Å². The van der Waals surface area contributed by atoms with Crippen LogP contribution >= 0.6 is 0 Å². The lowest BCUT2D eigenvalue weighted by Crippen LogP contribution is -2.28. The Kier molecular flexibility index (Phi) is 9.65. The highest BCUT2D eigenvalue weighted by atomic mass is 16.5. The van der Waals surface area contributed by atoms with Gasteiger partial charge in [-0.1, -0.05) is 42.5 Å². The molecule has 3 aromatic rings. The van der Waals surface area contributed by atoms with Crippen molar-refractivity contribution in [3.63, 3.8) is 0 Å². The van der Waals surface area contributed by atoms with Gasteiger partial charge in [-0.25, -0.2) is 0 Å². The van der Waals surface area contributed by atoms with Gasteiger partial charge < -0.3 is 24.3 Å². The molecule has 6 heteroatoms. The lowest BCUT2D eigenvalue weighted by molar-refractivity contribution is 0.354. The quantitative estimate of drug-likeness (QED) is 0.311. The highest BCUT2D eigenvalue weighted by Gasteiger charge is 2.07. The monoisotopic (exact) mass is 462 g/mol. The number of aliphatic imine (C=N–C) groups is 1. The molecule has 0 radical (unpaired) electrons.